The summed E-state index contributed by atoms with van der Waals surface area (Å²) in [6.07, 6.45) is 1.53. The summed E-state index contributed by atoms with van der Waals surface area (Å²) in [6.45, 7) is 10.3. The van der Waals surface area contributed by atoms with Crippen LogP contribution in [0.4, 0.5) is 16.6 Å². The SMILES string of the molecule is CCOC(=O)N1CCN(c2nccc(NCCN3CCOCC3)n2)CC1. The number of morpholine rings is 1. The number of amides is 1. The number of nitrogens with zero attached hydrogens (tertiary/aromatic N) is 5. The van der Waals surface area contributed by atoms with Crippen LogP contribution in [0.15, 0.2) is 12.3 Å². The molecule has 0 bridgehead atoms. The van der Waals surface area contributed by atoms with E-state index in [-0.39, 0.29) is 6.09 Å². The first-order valence-corrected chi connectivity index (χ1v) is 9.30. The number of anilines is 2. The predicted molar refractivity (Wildman–Crippen MR) is 98.6 cm³/mol. The molecule has 1 aromatic rings. The molecule has 2 fully saturated rings. The second-order valence-electron chi connectivity index (χ2n) is 6.30. The van der Waals surface area contributed by atoms with Crippen molar-refractivity contribution < 1.29 is 14.3 Å². The van der Waals surface area contributed by atoms with Gasteiger partial charge in [0.25, 0.3) is 0 Å². The lowest BCUT2D eigenvalue weighted by molar-refractivity contribution is 0.0398. The highest BCUT2D eigenvalue weighted by atomic mass is 16.6. The van der Waals surface area contributed by atoms with Crippen LogP contribution >= 0.6 is 0 Å². The molecule has 2 saturated heterocycles. The molecule has 26 heavy (non-hydrogen) atoms. The zero-order valence-electron chi connectivity index (χ0n) is 15.4. The van der Waals surface area contributed by atoms with E-state index >= 15 is 0 Å². The Bertz CT molecular complexity index is 573. The Kier molecular flexibility index (Phi) is 6.84. The van der Waals surface area contributed by atoms with Crippen LogP contribution in [0.1, 0.15) is 6.92 Å². The van der Waals surface area contributed by atoms with E-state index in [4.69, 9.17) is 9.47 Å². The molecule has 144 valence electrons. The van der Waals surface area contributed by atoms with Crippen LogP contribution in [0.5, 0.6) is 0 Å². The third-order valence-electron chi connectivity index (χ3n) is 4.57. The minimum absolute atomic E-state index is 0.244. The molecule has 9 heteroatoms. The van der Waals surface area contributed by atoms with Gasteiger partial charge in [0.2, 0.25) is 5.95 Å². The van der Waals surface area contributed by atoms with Gasteiger partial charge in [-0.1, -0.05) is 0 Å². The molecule has 0 unspecified atom stereocenters. The highest BCUT2D eigenvalue weighted by Crippen LogP contribution is 2.14. The molecule has 0 saturated carbocycles. The fourth-order valence-electron chi connectivity index (χ4n) is 3.07. The van der Waals surface area contributed by atoms with E-state index in [1.807, 2.05) is 13.0 Å². The maximum Gasteiger partial charge on any atom is 0.409 e. The van der Waals surface area contributed by atoms with Crippen LogP contribution in [0.2, 0.25) is 0 Å². The van der Waals surface area contributed by atoms with Gasteiger partial charge in [0.1, 0.15) is 5.82 Å². The van der Waals surface area contributed by atoms with Crippen LogP contribution in [0, 0.1) is 0 Å². The monoisotopic (exact) mass is 364 g/mol. The summed E-state index contributed by atoms with van der Waals surface area (Å²) in [7, 11) is 0. The molecule has 1 N–H and O–H groups in total. The summed E-state index contributed by atoms with van der Waals surface area (Å²) >= 11 is 0. The van der Waals surface area contributed by atoms with Crippen molar-refractivity contribution in [2.45, 2.75) is 6.92 Å². The minimum Gasteiger partial charge on any atom is -0.450 e. The number of rotatable bonds is 6. The van der Waals surface area contributed by atoms with Crippen LogP contribution in [0.3, 0.4) is 0 Å². The first-order chi connectivity index (χ1) is 12.8. The Morgan fingerprint density at radius 1 is 1.23 bits per heavy atom. The smallest absolute Gasteiger partial charge is 0.409 e. The van der Waals surface area contributed by atoms with Gasteiger partial charge in [-0.2, -0.15) is 4.98 Å². The minimum atomic E-state index is -0.244. The van der Waals surface area contributed by atoms with Crippen molar-refractivity contribution in [2.75, 3.05) is 82.4 Å². The summed E-state index contributed by atoms with van der Waals surface area (Å²) in [5.74, 6) is 1.53. The third-order valence-corrected chi connectivity index (χ3v) is 4.57. The van der Waals surface area contributed by atoms with Crippen LogP contribution in [-0.4, -0.2) is 98.0 Å². The summed E-state index contributed by atoms with van der Waals surface area (Å²) in [5, 5.41) is 3.37. The number of nitrogens with one attached hydrogen (secondary N) is 1. The van der Waals surface area contributed by atoms with Gasteiger partial charge in [0.05, 0.1) is 19.8 Å². The van der Waals surface area contributed by atoms with E-state index in [0.717, 1.165) is 45.2 Å². The van der Waals surface area contributed by atoms with E-state index in [9.17, 15) is 4.79 Å². The Balaban J connectivity index is 1.46. The maximum absolute atomic E-state index is 11.8. The Morgan fingerprint density at radius 2 is 2.00 bits per heavy atom. The zero-order chi connectivity index (χ0) is 18.2. The third kappa shape index (κ3) is 5.18. The second kappa shape index (κ2) is 9.54. The molecule has 1 amide bonds. The topological polar surface area (TPSA) is 83.1 Å². The molecular formula is C17H28N6O3. The van der Waals surface area contributed by atoms with Crippen LogP contribution in [-0.2, 0) is 9.47 Å². The van der Waals surface area contributed by atoms with Gasteiger partial charge < -0.3 is 24.6 Å². The number of aromatic nitrogens is 2. The van der Waals surface area contributed by atoms with E-state index in [0.29, 0.717) is 38.7 Å². The fourth-order valence-corrected chi connectivity index (χ4v) is 3.07. The molecule has 0 radical (unpaired) electrons. The van der Waals surface area contributed by atoms with E-state index < -0.39 is 0 Å². The van der Waals surface area contributed by atoms with Gasteiger partial charge in [-0.05, 0) is 13.0 Å². The zero-order valence-corrected chi connectivity index (χ0v) is 15.4. The molecule has 3 rings (SSSR count). The lowest BCUT2D eigenvalue weighted by Gasteiger charge is -2.34. The highest BCUT2D eigenvalue weighted by molar-refractivity contribution is 5.68. The number of hydrogen-bond acceptors (Lipinski definition) is 8. The largest absolute Gasteiger partial charge is 0.450 e. The maximum atomic E-state index is 11.8. The van der Waals surface area contributed by atoms with Crippen molar-refractivity contribution in [1.82, 2.24) is 19.8 Å². The molecular weight excluding hydrogens is 336 g/mol. The van der Waals surface area contributed by atoms with Gasteiger partial charge in [-0.3, -0.25) is 4.90 Å². The lowest BCUT2D eigenvalue weighted by atomic mass is 10.3. The van der Waals surface area contributed by atoms with E-state index in [1.54, 1.807) is 11.1 Å². The Labute approximate surface area is 154 Å². The summed E-state index contributed by atoms with van der Waals surface area (Å²) in [6, 6.07) is 1.89. The summed E-state index contributed by atoms with van der Waals surface area (Å²) in [4.78, 5) is 27.0. The quantitative estimate of drug-likeness (QED) is 0.781. The average molecular weight is 364 g/mol. The van der Waals surface area contributed by atoms with Gasteiger partial charge in [-0.15, -0.1) is 0 Å². The molecule has 0 atom stereocenters. The molecule has 1 aromatic heterocycles. The van der Waals surface area contributed by atoms with Crippen molar-refractivity contribution in [3.63, 3.8) is 0 Å². The average Bonchev–Trinajstić information content (AvgIpc) is 2.69. The predicted octanol–water partition coefficient (Wildman–Crippen LogP) is 0.499. The van der Waals surface area contributed by atoms with Gasteiger partial charge >= 0.3 is 6.09 Å². The number of carbonyl (C=O) groups excluding carboxylic acids is 1. The normalized spacial score (nSPS) is 18.7. The fraction of sp³-hybridized carbons (Fsp3) is 0.706. The van der Waals surface area contributed by atoms with Crippen molar-refractivity contribution in [2.24, 2.45) is 0 Å². The molecule has 2 aliphatic heterocycles. The molecule has 0 aliphatic carbocycles. The lowest BCUT2D eigenvalue weighted by Crippen LogP contribution is -2.49. The molecule has 0 aromatic carbocycles. The number of piperazine rings is 1. The molecule has 0 spiro atoms. The number of carbonyl (C=O) groups is 1. The van der Waals surface area contributed by atoms with Gasteiger partial charge in [0.15, 0.2) is 0 Å². The second-order valence-corrected chi connectivity index (χ2v) is 6.30. The van der Waals surface area contributed by atoms with E-state index in [2.05, 4.69) is 25.1 Å². The highest BCUT2D eigenvalue weighted by Gasteiger charge is 2.23. The van der Waals surface area contributed by atoms with E-state index in [1.165, 1.54) is 0 Å². The van der Waals surface area contributed by atoms with Crippen LogP contribution < -0.4 is 10.2 Å². The van der Waals surface area contributed by atoms with Crippen molar-refractivity contribution in [3.8, 4) is 0 Å². The Morgan fingerprint density at radius 3 is 2.73 bits per heavy atom. The van der Waals surface area contributed by atoms with Crippen molar-refractivity contribution in [3.05, 3.63) is 12.3 Å². The van der Waals surface area contributed by atoms with Crippen LogP contribution in [0.25, 0.3) is 0 Å². The first-order valence-electron chi connectivity index (χ1n) is 9.30. The number of ether oxygens (including phenoxy) is 2. The van der Waals surface area contributed by atoms with Crippen molar-refractivity contribution >= 4 is 17.9 Å². The molecule has 2 aliphatic rings. The molecule has 9 nitrogen and oxygen atoms in total. The summed E-state index contributed by atoms with van der Waals surface area (Å²) in [5.41, 5.74) is 0. The van der Waals surface area contributed by atoms with Crippen molar-refractivity contribution in [1.29, 1.82) is 0 Å². The first kappa shape index (κ1) is 18.7. The number of hydrogen-bond donors (Lipinski definition) is 1. The Hall–Kier alpha value is -2.13. The molecule has 3 heterocycles. The standard InChI is InChI=1S/C17H28N6O3/c1-2-26-17(24)23-9-7-22(8-10-23)16-19-4-3-15(20-16)18-5-6-21-11-13-25-14-12-21/h3-4H,2,5-14H2,1H3,(H,18,19,20). The summed E-state index contributed by atoms with van der Waals surface area (Å²) < 4.78 is 10.4. The van der Waals surface area contributed by atoms with Gasteiger partial charge in [0, 0.05) is 58.6 Å². The van der Waals surface area contributed by atoms with Gasteiger partial charge in [-0.25, -0.2) is 9.78 Å².